The molecule has 1 aromatic rings. The Morgan fingerprint density at radius 1 is 1.78 bits per heavy atom. The fraction of sp³-hybridized carbons (Fsp3) is 0.167. The first kappa shape index (κ1) is 6.04. The fourth-order valence-electron chi connectivity index (χ4n) is 0.477. The monoisotopic (exact) mass is 125 g/mol. The maximum absolute atomic E-state index is 8.32. The lowest BCUT2D eigenvalue weighted by Crippen LogP contribution is -1.69. The quantitative estimate of drug-likeness (QED) is 0.632. The molecule has 3 heteroatoms. The van der Waals surface area contributed by atoms with Gasteiger partial charge in [0.15, 0.2) is 6.39 Å². The van der Waals surface area contributed by atoms with E-state index in [0.717, 1.165) is 0 Å². The number of nitrogens with zero attached hydrogens (tertiary/aromatic N) is 1. The van der Waals surface area contributed by atoms with Gasteiger partial charge in [0, 0.05) is 0 Å². The van der Waals surface area contributed by atoms with Crippen LogP contribution in [-0.2, 0) is 0 Å². The van der Waals surface area contributed by atoms with Crippen LogP contribution in [0.2, 0.25) is 0 Å². The van der Waals surface area contributed by atoms with E-state index in [-0.39, 0.29) is 6.61 Å². The van der Waals surface area contributed by atoms with E-state index in [4.69, 9.17) is 9.52 Å². The molecule has 1 rings (SSSR count). The standard InChI is InChI=1S/C6H7NO2/c8-3-1-2-6-4-7-5-9-6/h1-2,4-5,8H,3H2/b2-1+. The number of aliphatic hydroxyl groups excluding tert-OH is 1. The summed E-state index contributed by atoms with van der Waals surface area (Å²) in [6.45, 7) is 0.0285. The van der Waals surface area contributed by atoms with Gasteiger partial charge in [0.05, 0.1) is 12.8 Å². The van der Waals surface area contributed by atoms with Crippen LogP contribution in [-0.4, -0.2) is 16.7 Å². The summed E-state index contributed by atoms with van der Waals surface area (Å²) in [4.78, 5) is 3.68. The van der Waals surface area contributed by atoms with Gasteiger partial charge in [0.1, 0.15) is 5.76 Å². The van der Waals surface area contributed by atoms with Crippen molar-refractivity contribution in [3.63, 3.8) is 0 Å². The van der Waals surface area contributed by atoms with Gasteiger partial charge in [-0.05, 0) is 6.08 Å². The normalized spacial score (nSPS) is 10.8. The Bertz CT molecular complexity index is 179. The van der Waals surface area contributed by atoms with Crippen molar-refractivity contribution in [2.24, 2.45) is 0 Å². The molecule has 0 aliphatic carbocycles. The van der Waals surface area contributed by atoms with Gasteiger partial charge >= 0.3 is 0 Å². The van der Waals surface area contributed by atoms with E-state index in [1.807, 2.05) is 0 Å². The van der Waals surface area contributed by atoms with Crippen LogP contribution in [0.15, 0.2) is 23.1 Å². The van der Waals surface area contributed by atoms with Crippen LogP contribution in [0.5, 0.6) is 0 Å². The summed E-state index contributed by atoms with van der Waals surface area (Å²) in [5.74, 6) is 0.657. The first-order valence-corrected chi connectivity index (χ1v) is 2.59. The minimum absolute atomic E-state index is 0.0285. The molecule has 0 atom stereocenters. The summed E-state index contributed by atoms with van der Waals surface area (Å²) < 4.78 is 4.83. The highest BCUT2D eigenvalue weighted by Gasteiger charge is 1.84. The molecule has 0 aromatic carbocycles. The lowest BCUT2D eigenvalue weighted by atomic mass is 10.4. The second kappa shape index (κ2) is 3.04. The van der Waals surface area contributed by atoms with Gasteiger partial charge in [0.2, 0.25) is 0 Å². The molecular formula is C6H7NO2. The van der Waals surface area contributed by atoms with E-state index < -0.39 is 0 Å². The Morgan fingerprint density at radius 3 is 3.22 bits per heavy atom. The van der Waals surface area contributed by atoms with Gasteiger partial charge in [-0.2, -0.15) is 0 Å². The first-order valence-electron chi connectivity index (χ1n) is 2.59. The Kier molecular flexibility index (Phi) is 2.04. The van der Waals surface area contributed by atoms with Gasteiger partial charge in [-0.3, -0.25) is 0 Å². The van der Waals surface area contributed by atoms with Crippen molar-refractivity contribution in [1.82, 2.24) is 4.98 Å². The Balaban J connectivity index is 2.57. The molecule has 9 heavy (non-hydrogen) atoms. The third-order valence-electron chi connectivity index (χ3n) is 0.839. The van der Waals surface area contributed by atoms with Crippen molar-refractivity contribution in [3.05, 3.63) is 24.4 Å². The SMILES string of the molecule is OC/C=C/c1cnco1. The predicted octanol–water partition coefficient (Wildman–Crippen LogP) is 0.680. The van der Waals surface area contributed by atoms with E-state index in [2.05, 4.69) is 4.98 Å². The lowest BCUT2D eigenvalue weighted by Gasteiger charge is -1.77. The maximum Gasteiger partial charge on any atom is 0.181 e. The van der Waals surface area contributed by atoms with Crippen molar-refractivity contribution >= 4 is 6.08 Å². The summed E-state index contributed by atoms with van der Waals surface area (Å²) in [6.07, 6.45) is 6.16. The van der Waals surface area contributed by atoms with Crippen LogP contribution in [0.4, 0.5) is 0 Å². The third kappa shape index (κ3) is 1.70. The minimum Gasteiger partial charge on any atom is -0.444 e. The zero-order valence-corrected chi connectivity index (χ0v) is 4.82. The highest BCUT2D eigenvalue weighted by molar-refractivity contribution is 5.40. The van der Waals surface area contributed by atoms with Crippen molar-refractivity contribution in [1.29, 1.82) is 0 Å². The smallest absolute Gasteiger partial charge is 0.181 e. The molecule has 1 heterocycles. The fourth-order valence-corrected chi connectivity index (χ4v) is 0.477. The summed E-state index contributed by atoms with van der Waals surface area (Å²) in [6, 6.07) is 0. The Morgan fingerprint density at radius 2 is 2.67 bits per heavy atom. The Labute approximate surface area is 52.6 Å². The molecule has 0 aliphatic rings. The summed E-state index contributed by atoms with van der Waals surface area (Å²) in [7, 11) is 0. The second-order valence-corrected chi connectivity index (χ2v) is 1.49. The van der Waals surface area contributed by atoms with Gasteiger partial charge in [-0.15, -0.1) is 0 Å². The molecule has 0 saturated heterocycles. The number of aromatic nitrogens is 1. The zero-order chi connectivity index (χ0) is 6.53. The molecule has 0 radical (unpaired) electrons. The van der Waals surface area contributed by atoms with Crippen LogP contribution in [0.1, 0.15) is 5.76 Å². The van der Waals surface area contributed by atoms with Crippen molar-refractivity contribution in [2.45, 2.75) is 0 Å². The van der Waals surface area contributed by atoms with Gasteiger partial charge in [0.25, 0.3) is 0 Å². The zero-order valence-electron chi connectivity index (χ0n) is 4.82. The number of aliphatic hydroxyl groups is 1. The van der Waals surface area contributed by atoms with Crippen molar-refractivity contribution in [3.8, 4) is 0 Å². The van der Waals surface area contributed by atoms with Gasteiger partial charge in [-0.1, -0.05) is 6.08 Å². The predicted molar refractivity (Wildman–Crippen MR) is 32.6 cm³/mol. The molecule has 48 valence electrons. The van der Waals surface area contributed by atoms with E-state index in [0.29, 0.717) is 5.76 Å². The summed E-state index contributed by atoms with van der Waals surface area (Å²) in [5.41, 5.74) is 0. The molecule has 0 bridgehead atoms. The summed E-state index contributed by atoms with van der Waals surface area (Å²) >= 11 is 0. The molecule has 0 fully saturated rings. The van der Waals surface area contributed by atoms with Gasteiger partial charge in [-0.25, -0.2) is 4.98 Å². The third-order valence-corrected chi connectivity index (χ3v) is 0.839. The number of hydrogen-bond donors (Lipinski definition) is 1. The van der Waals surface area contributed by atoms with Crippen LogP contribution >= 0.6 is 0 Å². The van der Waals surface area contributed by atoms with Crippen molar-refractivity contribution in [2.75, 3.05) is 6.61 Å². The summed E-state index contributed by atoms with van der Waals surface area (Å²) in [5, 5.41) is 8.32. The van der Waals surface area contributed by atoms with Gasteiger partial charge < -0.3 is 9.52 Å². The molecule has 0 unspecified atom stereocenters. The second-order valence-electron chi connectivity index (χ2n) is 1.49. The Hall–Kier alpha value is -1.09. The highest BCUT2D eigenvalue weighted by atomic mass is 16.3. The molecule has 0 spiro atoms. The first-order chi connectivity index (χ1) is 4.43. The number of oxazole rings is 1. The molecule has 1 aromatic heterocycles. The highest BCUT2D eigenvalue weighted by Crippen LogP contribution is 1.97. The maximum atomic E-state index is 8.32. The minimum atomic E-state index is 0.0285. The lowest BCUT2D eigenvalue weighted by molar-refractivity contribution is 0.343. The number of hydrogen-bond acceptors (Lipinski definition) is 3. The van der Waals surface area contributed by atoms with E-state index >= 15 is 0 Å². The van der Waals surface area contributed by atoms with Crippen LogP contribution in [0.3, 0.4) is 0 Å². The van der Waals surface area contributed by atoms with E-state index in [1.54, 1.807) is 18.3 Å². The molecule has 0 aliphatic heterocycles. The average Bonchev–Trinajstić information content (AvgIpc) is 2.34. The van der Waals surface area contributed by atoms with E-state index in [9.17, 15) is 0 Å². The van der Waals surface area contributed by atoms with E-state index in [1.165, 1.54) is 6.39 Å². The van der Waals surface area contributed by atoms with Crippen LogP contribution in [0.25, 0.3) is 6.08 Å². The largest absolute Gasteiger partial charge is 0.444 e. The molecule has 0 amide bonds. The number of rotatable bonds is 2. The van der Waals surface area contributed by atoms with Crippen LogP contribution in [0, 0.1) is 0 Å². The van der Waals surface area contributed by atoms with Crippen molar-refractivity contribution < 1.29 is 9.52 Å². The molecule has 1 N–H and O–H groups in total. The molecule has 3 nitrogen and oxygen atoms in total. The van der Waals surface area contributed by atoms with Crippen LogP contribution < -0.4 is 0 Å². The topological polar surface area (TPSA) is 46.3 Å². The molecular weight excluding hydrogens is 118 g/mol. The molecule has 0 saturated carbocycles. The average molecular weight is 125 g/mol.